The van der Waals surface area contributed by atoms with E-state index in [2.05, 4.69) is 11.3 Å². The summed E-state index contributed by atoms with van der Waals surface area (Å²) in [5, 5.41) is 0. The van der Waals surface area contributed by atoms with Crippen molar-refractivity contribution in [3.05, 3.63) is 12.7 Å². The van der Waals surface area contributed by atoms with Crippen LogP contribution in [0.4, 0.5) is 61.5 Å². The van der Waals surface area contributed by atoms with Crippen LogP contribution in [0.2, 0.25) is 0 Å². The standard InChI is InChI=1S/C14H6F14O2/c1-3-4(29)30-5(2)6(15)10(19,20)8(17)12(23,24)7(5,16)13(25,26)9(18,11(6,21)22)14(8,27)28/h3H,1H2,2H3. The number of ether oxygens (including phenoxy) is 1. The zero-order valence-electron chi connectivity index (χ0n) is 13.9. The second-order valence-electron chi connectivity index (χ2n) is 7.16. The van der Waals surface area contributed by atoms with Gasteiger partial charge in [0, 0.05) is 6.08 Å². The lowest BCUT2D eigenvalue weighted by Gasteiger charge is -2.75. The van der Waals surface area contributed by atoms with E-state index >= 15 is 8.78 Å². The van der Waals surface area contributed by atoms with E-state index in [0.717, 1.165) is 0 Å². The van der Waals surface area contributed by atoms with Crippen LogP contribution in [0.15, 0.2) is 12.7 Å². The molecule has 16 heteroatoms. The van der Waals surface area contributed by atoms with Crippen LogP contribution in [0.25, 0.3) is 0 Å². The minimum atomic E-state index is -7.76. The molecule has 0 saturated heterocycles. The van der Waals surface area contributed by atoms with Gasteiger partial charge in [-0.1, -0.05) is 6.58 Å². The Morgan fingerprint density at radius 2 is 0.833 bits per heavy atom. The summed E-state index contributed by atoms with van der Waals surface area (Å²) in [5.74, 6) is -40.3. The molecule has 0 atom stereocenters. The first-order valence-electron chi connectivity index (χ1n) is 7.46. The van der Waals surface area contributed by atoms with E-state index in [1.807, 2.05) is 0 Å². The molecule has 2 nitrogen and oxygen atoms in total. The molecule has 0 aromatic carbocycles. The molecule has 0 radical (unpaired) electrons. The maximum Gasteiger partial charge on any atom is 0.339 e. The topological polar surface area (TPSA) is 26.3 Å². The normalized spacial score (nSPS) is 50.8. The summed E-state index contributed by atoms with van der Waals surface area (Å²) in [4.78, 5) is 11.2. The molecule has 4 saturated carbocycles. The lowest BCUT2D eigenvalue weighted by molar-refractivity contribution is -0.598. The van der Waals surface area contributed by atoms with Crippen molar-refractivity contribution in [2.24, 2.45) is 0 Å². The van der Waals surface area contributed by atoms with Crippen molar-refractivity contribution >= 4 is 5.97 Å². The van der Waals surface area contributed by atoms with Crippen molar-refractivity contribution in [2.75, 3.05) is 0 Å². The number of alkyl halides is 14. The van der Waals surface area contributed by atoms with E-state index in [0.29, 0.717) is 0 Å². The molecule has 4 bridgehead atoms. The average Bonchev–Trinajstić information content (AvgIpc) is 2.60. The second-order valence-corrected chi connectivity index (χ2v) is 7.16. The van der Waals surface area contributed by atoms with Crippen LogP contribution in [-0.2, 0) is 9.53 Å². The number of esters is 1. The zero-order valence-corrected chi connectivity index (χ0v) is 13.9. The number of carbonyl (C=O) groups excluding carboxylic acids is 1. The van der Waals surface area contributed by atoms with Crippen LogP contribution in [0, 0.1) is 0 Å². The van der Waals surface area contributed by atoms with Crippen LogP contribution in [-0.4, -0.2) is 63.9 Å². The molecule has 4 fully saturated rings. The highest BCUT2D eigenvalue weighted by molar-refractivity contribution is 5.82. The fourth-order valence-electron chi connectivity index (χ4n) is 4.58. The highest BCUT2D eigenvalue weighted by Crippen LogP contribution is 2.88. The smallest absolute Gasteiger partial charge is 0.339 e. The van der Waals surface area contributed by atoms with E-state index in [4.69, 9.17) is 0 Å². The Morgan fingerprint density at radius 3 is 1.07 bits per heavy atom. The molecule has 0 spiro atoms. The van der Waals surface area contributed by atoms with Gasteiger partial charge in [0.2, 0.25) is 5.60 Å². The van der Waals surface area contributed by atoms with Gasteiger partial charge in [-0.3, -0.25) is 0 Å². The highest BCUT2D eigenvalue weighted by Gasteiger charge is 3.22. The lowest BCUT2D eigenvalue weighted by atomic mass is 9.37. The van der Waals surface area contributed by atoms with E-state index in [1.54, 1.807) is 0 Å². The van der Waals surface area contributed by atoms with Crippen LogP contribution in [0.5, 0.6) is 0 Å². The van der Waals surface area contributed by atoms with Gasteiger partial charge in [0.1, 0.15) is 0 Å². The molecular weight excluding hydrogens is 466 g/mol. The Kier molecular flexibility index (Phi) is 3.58. The highest BCUT2D eigenvalue weighted by atomic mass is 19.3. The van der Waals surface area contributed by atoms with Gasteiger partial charge in [0.05, 0.1) is 0 Å². The molecule has 0 aromatic heterocycles. The first kappa shape index (κ1) is 22.9. The van der Waals surface area contributed by atoms with Gasteiger partial charge in [0.15, 0.2) is 0 Å². The second kappa shape index (κ2) is 4.69. The van der Waals surface area contributed by atoms with E-state index in [9.17, 15) is 57.5 Å². The molecule has 0 aliphatic heterocycles. The summed E-state index contributed by atoms with van der Waals surface area (Å²) in [5.41, 5.74) is -34.9. The molecule has 4 aliphatic rings. The van der Waals surface area contributed by atoms with Crippen LogP contribution >= 0.6 is 0 Å². The van der Waals surface area contributed by atoms with Crippen molar-refractivity contribution in [3.63, 3.8) is 0 Å². The quantitative estimate of drug-likeness (QED) is 0.336. The maximum absolute atomic E-state index is 15.2. The molecule has 30 heavy (non-hydrogen) atoms. The molecule has 4 rings (SSSR count). The Bertz CT molecular complexity index is 775. The monoisotopic (exact) mass is 472 g/mol. The van der Waals surface area contributed by atoms with Gasteiger partial charge < -0.3 is 4.74 Å². The van der Waals surface area contributed by atoms with Gasteiger partial charge in [-0.15, -0.1) is 0 Å². The first-order valence-corrected chi connectivity index (χ1v) is 7.46. The molecule has 0 N–H and O–H groups in total. The van der Waals surface area contributed by atoms with Crippen molar-refractivity contribution in [3.8, 4) is 0 Å². The number of carbonyl (C=O) groups is 1. The summed E-state index contributed by atoms with van der Waals surface area (Å²) in [6.45, 7) is 1.48. The number of rotatable bonds is 2. The minimum Gasteiger partial charge on any atom is -0.448 e. The maximum atomic E-state index is 15.2. The zero-order chi connectivity index (χ0) is 24.0. The minimum absolute atomic E-state index is 0.305. The van der Waals surface area contributed by atoms with Gasteiger partial charge in [0.25, 0.3) is 11.3 Å². The first-order chi connectivity index (χ1) is 13.0. The summed E-state index contributed by atoms with van der Waals surface area (Å²) in [6, 6.07) is 0. The fraction of sp³-hybridized carbons (Fsp3) is 0.786. The van der Waals surface area contributed by atoms with Crippen molar-refractivity contribution in [1.29, 1.82) is 0 Å². The molecule has 4 aliphatic carbocycles. The number of hydrogen-bond acceptors (Lipinski definition) is 2. The van der Waals surface area contributed by atoms with Crippen molar-refractivity contribution < 1.29 is 71.0 Å². The molecule has 0 unspecified atom stereocenters. The third-order valence-electron chi connectivity index (χ3n) is 6.11. The summed E-state index contributed by atoms with van der Waals surface area (Å²) in [7, 11) is 0. The Morgan fingerprint density at radius 1 is 0.600 bits per heavy atom. The van der Waals surface area contributed by atoms with E-state index in [1.165, 1.54) is 0 Å². The third kappa shape index (κ3) is 1.30. The Balaban J connectivity index is 2.68. The summed E-state index contributed by atoms with van der Waals surface area (Å²) < 4.78 is 206. The molecule has 0 aromatic rings. The van der Waals surface area contributed by atoms with Crippen molar-refractivity contribution in [2.45, 2.75) is 64.8 Å². The molecular formula is C14H6F14O2. The van der Waals surface area contributed by atoms with Gasteiger partial charge in [-0.25, -0.2) is 22.4 Å². The van der Waals surface area contributed by atoms with Gasteiger partial charge in [-0.2, -0.15) is 43.9 Å². The fourth-order valence-corrected chi connectivity index (χ4v) is 4.58. The lowest BCUT2D eigenvalue weighted by Crippen LogP contribution is -3.09. The molecule has 172 valence electrons. The third-order valence-corrected chi connectivity index (χ3v) is 6.11. The van der Waals surface area contributed by atoms with Crippen LogP contribution in [0.1, 0.15) is 6.92 Å². The van der Waals surface area contributed by atoms with Crippen molar-refractivity contribution in [1.82, 2.24) is 0 Å². The largest absolute Gasteiger partial charge is 0.448 e. The van der Waals surface area contributed by atoms with Gasteiger partial charge in [-0.05, 0) is 6.92 Å². The number of hydrogen-bond donors (Lipinski definition) is 0. The molecule has 0 heterocycles. The summed E-state index contributed by atoms with van der Waals surface area (Å²) >= 11 is 0. The SMILES string of the molecule is C=CC(=O)OC1(C)C2(F)C(F)(F)C3(F)C(F)(F)C(F)(C2(F)F)C(F)(F)C1(F)C3(F)F. The Labute approximate surface area is 155 Å². The molecule has 0 amide bonds. The van der Waals surface area contributed by atoms with E-state index in [-0.39, 0.29) is 6.08 Å². The van der Waals surface area contributed by atoms with E-state index < -0.39 is 70.8 Å². The van der Waals surface area contributed by atoms with Crippen LogP contribution < -0.4 is 0 Å². The predicted molar refractivity (Wildman–Crippen MR) is 64.8 cm³/mol. The summed E-state index contributed by atoms with van der Waals surface area (Å²) in [6.07, 6.45) is -0.305. The predicted octanol–water partition coefficient (Wildman–Crippen LogP) is 4.52. The average molecular weight is 472 g/mol. The Hall–Kier alpha value is -1.77. The number of halogens is 14. The van der Waals surface area contributed by atoms with Gasteiger partial charge >= 0.3 is 46.9 Å². The van der Waals surface area contributed by atoms with Crippen LogP contribution in [0.3, 0.4) is 0 Å².